The van der Waals surface area contributed by atoms with Crippen molar-refractivity contribution < 1.29 is 58.8 Å². The predicted molar refractivity (Wildman–Crippen MR) is 146 cm³/mol. The quantitative estimate of drug-likeness (QED) is 0.264. The van der Waals surface area contributed by atoms with E-state index in [2.05, 4.69) is 0 Å². The van der Waals surface area contributed by atoms with Gasteiger partial charge in [0.2, 0.25) is 0 Å². The highest BCUT2D eigenvalue weighted by Gasteiger charge is 3.18. The summed E-state index contributed by atoms with van der Waals surface area (Å²) in [7, 11) is 0. The van der Waals surface area contributed by atoms with Gasteiger partial charge in [0, 0.05) is 12.3 Å². The van der Waals surface area contributed by atoms with E-state index in [1.807, 2.05) is 13.8 Å². The second kappa shape index (κ2) is 8.58. The van der Waals surface area contributed by atoms with Crippen LogP contribution in [0.5, 0.6) is 5.75 Å². The van der Waals surface area contributed by atoms with Crippen LogP contribution in [-0.2, 0) is 23.7 Å². The van der Waals surface area contributed by atoms with Gasteiger partial charge in [0.15, 0.2) is 6.29 Å². The first kappa shape index (κ1) is 28.4. The second-order valence-corrected chi connectivity index (χ2v) is 13.5. The normalized spacial score (nSPS) is 48.5. The average Bonchev–Trinajstić information content (AvgIpc) is 2.99. The number of phenolic OH excluding ortho intramolecular Hbond substituents is 1. The van der Waals surface area contributed by atoms with Crippen LogP contribution in [0.15, 0.2) is 54.6 Å². The van der Waals surface area contributed by atoms with Crippen LogP contribution in [0.4, 0.5) is 0 Å². The standard InChI is InChI=1S/C32H34O12/c1-27-14-30(39)20-12-31(28(2,44-27)32(27,30)29(20,31)15-41-25(38)17-8-10-18(33)11-9-17)43-26-23(36)22(35)21(34)19(42-26)13-40-24(37)16-6-4-3-5-7-16/h3-11,19-23,26,33-36,39H,12-15H2,1-2H3/t19-,20?,21-,22+,23-,26+,27+,28?,29?,30?,31+,32?/m1/s1. The summed E-state index contributed by atoms with van der Waals surface area (Å²) >= 11 is 0. The molecule has 4 aliphatic carbocycles. The van der Waals surface area contributed by atoms with Gasteiger partial charge in [0.25, 0.3) is 0 Å². The third-order valence-electron chi connectivity index (χ3n) is 11.9. The first-order valence-electron chi connectivity index (χ1n) is 14.8. The highest BCUT2D eigenvalue weighted by molar-refractivity contribution is 5.90. The second-order valence-electron chi connectivity index (χ2n) is 13.5. The Morgan fingerprint density at radius 2 is 1.57 bits per heavy atom. The molecule has 12 nitrogen and oxygen atoms in total. The lowest BCUT2D eigenvalue weighted by Crippen LogP contribution is -3.22. The number of phenols is 1. The predicted octanol–water partition coefficient (Wildman–Crippen LogP) is 0.671. The van der Waals surface area contributed by atoms with Crippen molar-refractivity contribution in [2.75, 3.05) is 13.2 Å². The van der Waals surface area contributed by atoms with Gasteiger partial charge in [-0.3, -0.25) is 0 Å². The molecular formula is C32H34O12. The summed E-state index contributed by atoms with van der Waals surface area (Å²) in [5.74, 6) is -1.52. The largest absolute Gasteiger partial charge is 0.508 e. The molecule has 2 aromatic rings. The number of carbonyl (C=O) groups is 2. The third-order valence-corrected chi connectivity index (χ3v) is 11.9. The molecule has 234 valence electrons. The zero-order chi connectivity index (χ0) is 31.1. The molecule has 4 saturated carbocycles. The molecule has 2 aliphatic heterocycles. The Hall–Kier alpha value is -3.10. The minimum atomic E-state index is -1.68. The zero-order valence-corrected chi connectivity index (χ0v) is 24.1. The van der Waals surface area contributed by atoms with E-state index in [0.717, 1.165) is 0 Å². The van der Waals surface area contributed by atoms with Crippen molar-refractivity contribution >= 4 is 11.9 Å². The van der Waals surface area contributed by atoms with E-state index >= 15 is 0 Å². The monoisotopic (exact) mass is 610 g/mol. The molecule has 5 N–H and O–H groups in total. The van der Waals surface area contributed by atoms with Gasteiger partial charge in [-0.05, 0) is 56.7 Å². The molecule has 2 heterocycles. The summed E-state index contributed by atoms with van der Waals surface area (Å²) in [4.78, 5) is 25.5. The van der Waals surface area contributed by atoms with Gasteiger partial charge >= 0.3 is 11.9 Å². The van der Waals surface area contributed by atoms with Crippen molar-refractivity contribution in [2.24, 2.45) is 16.7 Å². The summed E-state index contributed by atoms with van der Waals surface area (Å²) < 4.78 is 30.2. The summed E-state index contributed by atoms with van der Waals surface area (Å²) in [5.41, 5.74) is -4.95. The lowest BCUT2D eigenvalue weighted by atomic mass is 9.00. The van der Waals surface area contributed by atoms with Crippen LogP contribution in [0.1, 0.15) is 47.4 Å². The number of ether oxygens (including phenoxy) is 5. The average molecular weight is 611 g/mol. The Kier molecular flexibility index (Phi) is 5.53. The van der Waals surface area contributed by atoms with E-state index < -0.39 is 82.5 Å². The van der Waals surface area contributed by atoms with Crippen molar-refractivity contribution in [1.29, 1.82) is 0 Å². The lowest BCUT2D eigenvalue weighted by molar-refractivity contribution is -0.734. The van der Waals surface area contributed by atoms with Crippen LogP contribution in [-0.4, -0.2) is 104 Å². The van der Waals surface area contributed by atoms with Crippen LogP contribution in [0.3, 0.4) is 0 Å². The first-order valence-corrected chi connectivity index (χ1v) is 14.8. The van der Waals surface area contributed by atoms with E-state index in [0.29, 0.717) is 18.4 Å². The van der Waals surface area contributed by atoms with Crippen molar-refractivity contribution in [3.63, 3.8) is 0 Å². The molecular weight excluding hydrogens is 576 g/mol. The van der Waals surface area contributed by atoms with Gasteiger partial charge in [0.1, 0.15) is 54.6 Å². The fourth-order valence-corrected chi connectivity index (χ4v) is 10.7. The van der Waals surface area contributed by atoms with Gasteiger partial charge < -0.3 is 49.2 Å². The van der Waals surface area contributed by atoms with E-state index in [1.54, 1.807) is 30.3 Å². The number of aliphatic hydroxyl groups excluding tert-OH is 3. The molecule has 0 radical (unpaired) electrons. The smallest absolute Gasteiger partial charge is 0.338 e. The van der Waals surface area contributed by atoms with Crippen LogP contribution >= 0.6 is 0 Å². The topological polar surface area (TPSA) is 181 Å². The Morgan fingerprint density at radius 1 is 0.909 bits per heavy atom. The molecule has 0 bridgehead atoms. The fourth-order valence-electron chi connectivity index (χ4n) is 10.7. The summed E-state index contributed by atoms with van der Waals surface area (Å²) in [6.07, 6.45) is -6.84. The highest BCUT2D eigenvalue weighted by atomic mass is 16.7. The number of aromatic hydroxyl groups is 1. The highest BCUT2D eigenvalue weighted by Crippen LogP contribution is 3.06. The maximum absolute atomic E-state index is 13.0. The fraction of sp³-hybridized carbons (Fsp3) is 0.562. The first-order chi connectivity index (χ1) is 20.8. The van der Waals surface area contributed by atoms with E-state index in [4.69, 9.17) is 23.7 Å². The number of esters is 2. The molecule has 1 spiro atoms. The van der Waals surface area contributed by atoms with Crippen LogP contribution < -0.4 is 0 Å². The molecule has 44 heavy (non-hydrogen) atoms. The Balaban J connectivity index is 1.05. The van der Waals surface area contributed by atoms with Crippen LogP contribution in [0, 0.1) is 16.7 Å². The van der Waals surface area contributed by atoms with Crippen molar-refractivity contribution in [3.8, 4) is 5.75 Å². The van der Waals surface area contributed by atoms with Crippen LogP contribution in [0.2, 0.25) is 0 Å². The van der Waals surface area contributed by atoms with Gasteiger partial charge in [-0.25, -0.2) is 9.59 Å². The summed E-state index contributed by atoms with van der Waals surface area (Å²) in [5, 5.41) is 53.8. The maximum atomic E-state index is 13.0. The number of benzene rings is 2. The Bertz CT molecular complexity index is 1550. The van der Waals surface area contributed by atoms with E-state index in [-0.39, 0.29) is 23.8 Å². The molecule has 0 aromatic heterocycles. The number of aliphatic hydroxyl groups is 4. The summed E-state index contributed by atoms with van der Waals surface area (Å²) in [6, 6.07) is 13.9. The van der Waals surface area contributed by atoms with Gasteiger partial charge in [-0.1, -0.05) is 18.2 Å². The van der Waals surface area contributed by atoms with Crippen molar-refractivity contribution in [2.45, 2.75) is 79.8 Å². The Morgan fingerprint density at radius 3 is 2.25 bits per heavy atom. The molecule has 2 saturated heterocycles. The number of fused-ring (bicyclic) bond motifs is 2. The van der Waals surface area contributed by atoms with E-state index in [9.17, 15) is 35.1 Å². The van der Waals surface area contributed by atoms with Gasteiger partial charge in [-0.15, -0.1) is 0 Å². The van der Waals surface area contributed by atoms with Crippen molar-refractivity contribution in [3.05, 3.63) is 65.7 Å². The number of carbonyl (C=O) groups excluding carboxylic acids is 2. The van der Waals surface area contributed by atoms with Crippen LogP contribution in [0.25, 0.3) is 0 Å². The third kappa shape index (κ3) is 2.78. The maximum Gasteiger partial charge on any atom is 0.338 e. The zero-order valence-electron chi connectivity index (χ0n) is 24.1. The van der Waals surface area contributed by atoms with E-state index in [1.165, 1.54) is 24.3 Å². The SMILES string of the molecule is CC12O[C@@]3(C)CC4(O)C5C[C@@]1(O[C@@H]1O[C@H](COC(=O)c6ccccc6)[C@@H](O)[C@H](O)[C@H]1O)C5(COC(=O)c1ccc(O)cc1)C423. The lowest BCUT2D eigenvalue weighted by Gasteiger charge is -3.10. The van der Waals surface area contributed by atoms with Gasteiger partial charge in [0.05, 0.1) is 33.2 Å². The van der Waals surface area contributed by atoms with Crippen molar-refractivity contribution in [1.82, 2.24) is 0 Å². The van der Waals surface area contributed by atoms with Gasteiger partial charge in [-0.2, -0.15) is 0 Å². The molecule has 0 amide bonds. The molecule has 6 fully saturated rings. The number of hydrogen-bond acceptors (Lipinski definition) is 12. The molecule has 5 unspecified atom stereocenters. The molecule has 12 heteroatoms. The molecule has 6 aliphatic rings. The Labute approximate surface area is 252 Å². The minimum absolute atomic E-state index is 0.00906. The number of rotatable bonds is 8. The number of hydrogen-bond donors (Lipinski definition) is 5. The summed E-state index contributed by atoms with van der Waals surface area (Å²) in [6.45, 7) is 3.25. The molecule has 2 aromatic carbocycles. The minimum Gasteiger partial charge on any atom is -0.508 e. The molecule has 12 atom stereocenters. The molecule has 8 rings (SSSR count).